The molecule has 0 atom stereocenters. The lowest BCUT2D eigenvalue weighted by molar-refractivity contribution is 0.0602. The van der Waals surface area contributed by atoms with Gasteiger partial charge >= 0.3 is 5.97 Å². The third-order valence-corrected chi connectivity index (χ3v) is 4.16. The van der Waals surface area contributed by atoms with Crippen molar-refractivity contribution < 1.29 is 9.53 Å². The SMILES string of the molecule is COC(=O)c1cnn2c1ncc1c(=O)n(-c3ccc(Cl)cc3)ccc12. The van der Waals surface area contributed by atoms with E-state index in [9.17, 15) is 9.59 Å². The molecule has 0 spiro atoms. The summed E-state index contributed by atoms with van der Waals surface area (Å²) in [4.78, 5) is 28.8. The Morgan fingerprint density at radius 3 is 2.64 bits per heavy atom. The normalized spacial score (nSPS) is 11.1. The Hall–Kier alpha value is -3.19. The van der Waals surface area contributed by atoms with Crippen molar-refractivity contribution in [2.45, 2.75) is 0 Å². The summed E-state index contributed by atoms with van der Waals surface area (Å²) < 4.78 is 7.67. The zero-order chi connectivity index (χ0) is 17.6. The van der Waals surface area contributed by atoms with Gasteiger partial charge in [-0.1, -0.05) is 11.6 Å². The number of carbonyl (C=O) groups is 1. The standard InChI is InChI=1S/C17H11ClN4O3/c1-25-17(24)13-9-20-22-14-6-7-21(11-4-2-10(18)3-5-11)16(23)12(14)8-19-15(13)22/h2-9H,1H3. The fourth-order valence-electron chi connectivity index (χ4n) is 2.68. The number of hydrogen-bond donors (Lipinski definition) is 0. The Labute approximate surface area is 146 Å². The molecule has 4 aromatic rings. The maximum absolute atomic E-state index is 12.8. The van der Waals surface area contributed by atoms with Crippen LogP contribution in [0.5, 0.6) is 0 Å². The van der Waals surface area contributed by atoms with Crippen molar-refractivity contribution in [1.82, 2.24) is 19.2 Å². The lowest BCUT2D eigenvalue weighted by atomic mass is 10.2. The van der Waals surface area contributed by atoms with E-state index >= 15 is 0 Å². The van der Waals surface area contributed by atoms with Crippen LogP contribution in [0.1, 0.15) is 10.4 Å². The van der Waals surface area contributed by atoms with Crippen molar-refractivity contribution in [2.24, 2.45) is 0 Å². The predicted octanol–water partition coefficient (Wildman–Crippen LogP) is 2.47. The number of rotatable bonds is 2. The van der Waals surface area contributed by atoms with Gasteiger partial charge in [0.25, 0.3) is 5.56 Å². The molecule has 0 unspecified atom stereocenters. The van der Waals surface area contributed by atoms with Crippen molar-refractivity contribution in [1.29, 1.82) is 0 Å². The minimum absolute atomic E-state index is 0.242. The van der Waals surface area contributed by atoms with Gasteiger partial charge in [0.05, 0.1) is 24.2 Å². The van der Waals surface area contributed by atoms with E-state index in [2.05, 4.69) is 10.1 Å². The maximum Gasteiger partial charge on any atom is 0.343 e. The zero-order valence-corrected chi connectivity index (χ0v) is 13.8. The van der Waals surface area contributed by atoms with Crippen LogP contribution in [0.25, 0.3) is 22.2 Å². The van der Waals surface area contributed by atoms with E-state index in [1.54, 1.807) is 36.5 Å². The number of pyridine rings is 1. The molecule has 1 aromatic carbocycles. The molecule has 0 saturated carbocycles. The number of benzene rings is 1. The number of methoxy groups -OCH3 is 1. The van der Waals surface area contributed by atoms with Crippen LogP contribution in [0.15, 0.2) is 53.7 Å². The first-order chi connectivity index (χ1) is 12.1. The first kappa shape index (κ1) is 15.3. The maximum atomic E-state index is 12.8. The number of esters is 1. The van der Waals surface area contributed by atoms with Gasteiger partial charge in [-0.05, 0) is 30.3 Å². The lowest BCUT2D eigenvalue weighted by Gasteiger charge is -2.08. The van der Waals surface area contributed by atoms with E-state index in [-0.39, 0.29) is 11.1 Å². The molecular weight excluding hydrogens is 344 g/mol. The quantitative estimate of drug-likeness (QED) is 0.517. The summed E-state index contributed by atoms with van der Waals surface area (Å²) in [6.45, 7) is 0. The number of fused-ring (bicyclic) bond motifs is 3. The highest BCUT2D eigenvalue weighted by molar-refractivity contribution is 6.30. The molecule has 3 heterocycles. The van der Waals surface area contributed by atoms with Gasteiger partial charge in [-0.2, -0.15) is 5.10 Å². The summed E-state index contributed by atoms with van der Waals surface area (Å²) >= 11 is 5.89. The molecule has 8 heteroatoms. The van der Waals surface area contributed by atoms with E-state index in [1.807, 2.05) is 0 Å². The molecule has 0 N–H and O–H groups in total. The van der Waals surface area contributed by atoms with Gasteiger partial charge in [0, 0.05) is 23.1 Å². The Kier molecular flexibility index (Phi) is 3.51. The summed E-state index contributed by atoms with van der Waals surface area (Å²) in [6, 6.07) is 8.68. The lowest BCUT2D eigenvalue weighted by Crippen LogP contribution is -2.18. The Bertz CT molecular complexity index is 1180. The van der Waals surface area contributed by atoms with E-state index in [1.165, 1.54) is 28.6 Å². The largest absolute Gasteiger partial charge is 0.465 e. The molecule has 0 fully saturated rings. The van der Waals surface area contributed by atoms with E-state index < -0.39 is 5.97 Å². The van der Waals surface area contributed by atoms with Gasteiger partial charge in [0.1, 0.15) is 5.56 Å². The highest BCUT2D eigenvalue weighted by Gasteiger charge is 2.17. The third kappa shape index (κ3) is 2.36. The van der Waals surface area contributed by atoms with Crippen LogP contribution < -0.4 is 5.56 Å². The highest BCUT2D eigenvalue weighted by atomic mass is 35.5. The number of aromatic nitrogens is 4. The molecule has 0 radical (unpaired) electrons. The summed E-state index contributed by atoms with van der Waals surface area (Å²) in [7, 11) is 1.29. The van der Waals surface area contributed by atoms with Crippen LogP contribution in [0.2, 0.25) is 5.02 Å². The first-order valence-corrected chi connectivity index (χ1v) is 7.70. The number of ether oxygens (including phenoxy) is 1. The van der Waals surface area contributed by atoms with Crippen molar-refractivity contribution in [2.75, 3.05) is 7.11 Å². The minimum atomic E-state index is -0.531. The van der Waals surface area contributed by atoms with Gasteiger partial charge in [0.15, 0.2) is 5.65 Å². The van der Waals surface area contributed by atoms with Gasteiger partial charge < -0.3 is 4.74 Å². The Morgan fingerprint density at radius 2 is 1.92 bits per heavy atom. The van der Waals surface area contributed by atoms with E-state index in [4.69, 9.17) is 16.3 Å². The Morgan fingerprint density at radius 1 is 1.16 bits per heavy atom. The zero-order valence-electron chi connectivity index (χ0n) is 13.0. The van der Waals surface area contributed by atoms with Crippen molar-refractivity contribution in [3.63, 3.8) is 0 Å². The molecule has 0 saturated heterocycles. The molecule has 0 aliphatic carbocycles. The fourth-order valence-corrected chi connectivity index (χ4v) is 2.80. The number of hydrogen-bond acceptors (Lipinski definition) is 5. The highest BCUT2D eigenvalue weighted by Crippen LogP contribution is 2.17. The summed E-state index contributed by atoms with van der Waals surface area (Å²) in [5.41, 5.74) is 1.57. The number of carbonyl (C=O) groups excluding carboxylic acids is 1. The topological polar surface area (TPSA) is 78.5 Å². The van der Waals surface area contributed by atoms with Gasteiger partial charge in [-0.3, -0.25) is 9.36 Å². The van der Waals surface area contributed by atoms with Crippen molar-refractivity contribution in [3.8, 4) is 5.69 Å². The molecule has 4 rings (SSSR count). The van der Waals surface area contributed by atoms with Crippen LogP contribution in [0.3, 0.4) is 0 Å². The molecule has 25 heavy (non-hydrogen) atoms. The average Bonchev–Trinajstić information content (AvgIpc) is 3.07. The molecule has 0 aliphatic rings. The predicted molar refractivity (Wildman–Crippen MR) is 92.4 cm³/mol. The molecular formula is C17H11ClN4O3. The summed E-state index contributed by atoms with van der Waals surface area (Å²) in [5, 5.41) is 5.13. The molecule has 0 amide bonds. The second-order valence-corrected chi connectivity index (χ2v) is 5.75. The minimum Gasteiger partial charge on any atom is -0.465 e. The number of halogens is 1. The molecule has 0 bridgehead atoms. The number of nitrogens with zero attached hydrogens (tertiary/aromatic N) is 4. The van der Waals surface area contributed by atoms with Crippen molar-refractivity contribution >= 4 is 34.1 Å². The first-order valence-electron chi connectivity index (χ1n) is 7.32. The van der Waals surface area contributed by atoms with Crippen LogP contribution >= 0.6 is 11.6 Å². The van der Waals surface area contributed by atoms with Crippen LogP contribution in [-0.2, 0) is 4.74 Å². The van der Waals surface area contributed by atoms with Crippen LogP contribution in [0, 0.1) is 0 Å². The molecule has 3 aromatic heterocycles. The molecule has 7 nitrogen and oxygen atoms in total. The van der Waals surface area contributed by atoms with Crippen LogP contribution in [-0.4, -0.2) is 32.2 Å². The second-order valence-electron chi connectivity index (χ2n) is 5.31. The van der Waals surface area contributed by atoms with E-state index in [0.29, 0.717) is 27.3 Å². The fraction of sp³-hybridized carbons (Fsp3) is 0.0588. The molecule has 0 aliphatic heterocycles. The summed E-state index contributed by atoms with van der Waals surface area (Å²) in [5.74, 6) is -0.531. The average molecular weight is 355 g/mol. The summed E-state index contributed by atoms with van der Waals surface area (Å²) in [6.07, 6.45) is 4.46. The van der Waals surface area contributed by atoms with Gasteiger partial charge in [-0.15, -0.1) is 0 Å². The second kappa shape index (κ2) is 5.71. The van der Waals surface area contributed by atoms with Crippen molar-refractivity contribution in [3.05, 3.63) is 69.9 Å². The van der Waals surface area contributed by atoms with Gasteiger partial charge in [0.2, 0.25) is 0 Å². The molecule has 124 valence electrons. The Balaban J connectivity index is 1.97. The van der Waals surface area contributed by atoms with Crippen LogP contribution in [0.4, 0.5) is 0 Å². The van der Waals surface area contributed by atoms with Gasteiger partial charge in [-0.25, -0.2) is 14.3 Å². The third-order valence-electron chi connectivity index (χ3n) is 3.90. The van der Waals surface area contributed by atoms with E-state index in [0.717, 1.165) is 0 Å². The monoisotopic (exact) mass is 354 g/mol. The smallest absolute Gasteiger partial charge is 0.343 e.